The zero-order chi connectivity index (χ0) is 10.2. The molecule has 0 aliphatic carbocycles. The van der Waals surface area contributed by atoms with Crippen LogP contribution >= 0.6 is 7.60 Å². The second-order valence-electron chi connectivity index (χ2n) is 3.23. The molecule has 1 unspecified atom stereocenters. The van der Waals surface area contributed by atoms with Crippen molar-refractivity contribution >= 4 is 7.60 Å². The van der Waals surface area contributed by atoms with Crippen LogP contribution in [0.3, 0.4) is 0 Å². The summed E-state index contributed by atoms with van der Waals surface area (Å²) in [5.74, 6) is 4.66. The average molecular weight is 209 g/mol. The quantitative estimate of drug-likeness (QED) is 0.366. The van der Waals surface area contributed by atoms with Gasteiger partial charge in [0.1, 0.15) is 0 Å². The first-order valence-electron chi connectivity index (χ1n) is 4.82. The van der Waals surface area contributed by atoms with Crippen LogP contribution in [0.2, 0.25) is 0 Å². The molecule has 13 heavy (non-hydrogen) atoms. The average Bonchev–Trinajstić information content (AvgIpc) is 2.11. The summed E-state index contributed by atoms with van der Waals surface area (Å²) >= 11 is 0. The van der Waals surface area contributed by atoms with Crippen molar-refractivity contribution in [2.24, 2.45) is 5.90 Å². The summed E-state index contributed by atoms with van der Waals surface area (Å²) in [6.07, 6.45) is 6.65. The third-order valence-electron chi connectivity index (χ3n) is 1.96. The summed E-state index contributed by atoms with van der Waals surface area (Å²) in [5, 5.41) is 0. The van der Waals surface area contributed by atoms with Crippen molar-refractivity contribution in [1.82, 2.24) is 0 Å². The number of hydrogen-bond acceptors (Lipinski definition) is 3. The van der Waals surface area contributed by atoms with E-state index in [1.165, 1.54) is 19.3 Å². The Labute approximate surface area is 80.0 Å². The van der Waals surface area contributed by atoms with Gasteiger partial charge in [-0.1, -0.05) is 39.0 Å². The number of unbranched alkanes of at least 4 members (excludes halogenated alkanes) is 5. The second kappa shape index (κ2) is 7.51. The van der Waals surface area contributed by atoms with Gasteiger partial charge in [-0.15, -0.1) is 0 Å². The summed E-state index contributed by atoms with van der Waals surface area (Å²) in [6, 6.07) is 0. The van der Waals surface area contributed by atoms with Crippen molar-refractivity contribution in [3.05, 3.63) is 0 Å². The van der Waals surface area contributed by atoms with Crippen LogP contribution in [0.15, 0.2) is 0 Å². The molecule has 0 saturated heterocycles. The van der Waals surface area contributed by atoms with Crippen LogP contribution in [-0.4, -0.2) is 11.1 Å². The van der Waals surface area contributed by atoms with Gasteiger partial charge in [0, 0.05) is 0 Å². The van der Waals surface area contributed by atoms with E-state index in [-0.39, 0.29) is 6.16 Å². The molecular formula is C8H20NO3P. The first-order chi connectivity index (χ1) is 6.12. The normalized spacial score (nSPS) is 15.6. The zero-order valence-electron chi connectivity index (χ0n) is 8.24. The smallest absolute Gasteiger partial charge is 0.323 e. The van der Waals surface area contributed by atoms with Crippen LogP contribution in [0.4, 0.5) is 0 Å². The Morgan fingerprint density at radius 3 is 2.31 bits per heavy atom. The van der Waals surface area contributed by atoms with Crippen LogP contribution in [0.1, 0.15) is 45.4 Å². The Kier molecular flexibility index (Phi) is 7.57. The fourth-order valence-electron chi connectivity index (χ4n) is 1.14. The predicted octanol–water partition coefficient (Wildman–Crippen LogP) is 2.42. The molecule has 0 aromatic carbocycles. The van der Waals surface area contributed by atoms with Crippen molar-refractivity contribution in [3.8, 4) is 0 Å². The molecule has 5 heteroatoms. The highest BCUT2D eigenvalue weighted by atomic mass is 31.2. The summed E-state index contributed by atoms with van der Waals surface area (Å²) in [7, 11) is -3.45. The van der Waals surface area contributed by atoms with Crippen molar-refractivity contribution in [2.75, 3.05) is 6.16 Å². The summed E-state index contributed by atoms with van der Waals surface area (Å²) in [5.41, 5.74) is 0. The Morgan fingerprint density at radius 1 is 1.23 bits per heavy atom. The van der Waals surface area contributed by atoms with Gasteiger partial charge >= 0.3 is 7.60 Å². The highest BCUT2D eigenvalue weighted by Gasteiger charge is 2.16. The molecule has 0 aliphatic heterocycles. The van der Waals surface area contributed by atoms with E-state index in [9.17, 15) is 4.57 Å². The lowest BCUT2D eigenvalue weighted by Crippen LogP contribution is -2.00. The first-order valence-corrected chi connectivity index (χ1v) is 6.59. The van der Waals surface area contributed by atoms with Crippen LogP contribution < -0.4 is 5.90 Å². The minimum absolute atomic E-state index is 0.176. The lowest BCUT2D eigenvalue weighted by Gasteiger charge is -2.06. The lowest BCUT2D eigenvalue weighted by atomic mass is 10.1. The molecule has 0 radical (unpaired) electrons. The van der Waals surface area contributed by atoms with Gasteiger partial charge in [0.2, 0.25) is 0 Å². The maximum absolute atomic E-state index is 10.9. The molecule has 4 nitrogen and oxygen atoms in total. The molecule has 0 aromatic rings. The highest BCUT2D eigenvalue weighted by Crippen LogP contribution is 2.40. The zero-order valence-corrected chi connectivity index (χ0v) is 9.13. The van der Waals surface area contributed by atoms with Crippen molar-refractivity contribution in [3.63, 3.8) is 0 Å². The summed E-state index contributed by atoms with van der Waals surface area (Å²) < 4.78 is 14.9. The number of rotatable bonds is 8. The van der Waals surface area contributed by atoms with Gasteiger partial charge < -0.3 is 4.89 Å². The van der Waals surface area contributed by atoms with E-state index in [1.807, 2.05) is 0 Å². The number of hydrogen-bond donors (Lipinski definition) is 2. The highest BCUT2D eigenvalue weighted by molar-refractivity contribution is 7.52. The standard InChI is InChI=1S/C8H20NO3P/c1-2-3-4-5-6-7-8-13(10,11)12-9/h2-9H2,1H3,(H,10,11). The predicted molar refractivity (Wildman–Crippen MR) is 53.3 cm³/mol. The van der Waals surface area contributed by atoms with Crippen molar-refractivity contribution in [2.45, 2.75) is 45.4 Å². The molecule has 1 atom stereocenters. The fourth-order valence-corrected chi connectivity index (χ4v) is 1.87. The van der Waals surface area contributed by atoms with Crippen molar-refractivity contribution < 1.29 is 14.1 Å². The van der Waals surface area contributed by atoms with E-state index in [1.54, 1.807) is 0 Å². The SMILES string of the molecule is CCCCCCCCP(=O)(O)ON. The Bertz CT molecular complexity index is 163. The van der Waals surface area contributed by atoms with E-state index >= 15 is 0 Å². The first kappa shape index (κ1) is 13.1. The molecule has 0 amide bonds. The van der Waals surface area contributed by atoms with Crippen molar-refractivity contribution in [1.29, 1.82) is 0 Å². The molecule has 0 heterocycles. The molecule has 0 rings (SSSR count). The molecule has 0 bridgehead atoms. The van der Waals surface area contributed by atoms with E-state index in [2.05, 4.69) is 17.4 Å². The van der Waals surface area contributed by atoms with Gasteiger partial charge in [0.25, 0.3) is 0 Å². The fraction of sp³-hybridized carbons (Fsp3) is 1.00. The van der Waals surface area contributed by atoms with E-state index < -0.39 is 7.60 Å². The maximum atomic E-state index is 10.9. The molecular weight excluding hydrogens is 189 g/mol. The third-order valence-corrected chi connectivity index (χ3v) is 3.17. The van der Waals surface area contributed by atoms with Crippen LogP contribution in [0.25, 0.3) is 0 Å². The molecule has 80 valence electrons. The molecule has 0 aromatic heterocycles. The largest absolute Gasteiger partial charge is 0.344 e. The maximum Gasteiger partial charge on any atom is 0.344 e. The van der Waals surface area contributed by atoms with Gasteiger partial charge in [-0.2, -0.15) is 0 Å². The van der Waals surface area contributed by atoms with Gasteiger partial charge in [0.05, 0.1) is 6.16 Å². The monoisotopic (exact) mass is 209 g/mol. The van der Waals surface area contributed by atoms with Gasteiger partial charge in [-0.25, -0.2) is 10.5 Å². The van der Waals surface area contributed by atoms with E-state index in [0.717, 1.165) is 12.8 Å². The molecule has 0 aliphatic rings. The molecule has 0 fully saturated rings. The minimum atomic E-state index is -3.45. The van der Waals surface area contributed by atoms with Gasteiger partial charge in [-0.05, 0) is 6.42 Å². The molecule has 3 N–H and O–H groups in total. The topological polar surface area (TPSA) is 72.5 Å². The lowest BCUT2D eigenvalue weighted by molar-refractivity contribution is 0.267. The molecule has 0 saturated carbocycles. The van der Waals surface area contributed by atoms with Gasteiger partial charge in [0.15, 0.2) is 0 Å². The summed E-state index contributed by atoms with van der Waals surface area (Å²) in [4.78, 5) is 8.93. The molecule has 0 spiro atoms. The van der Waals surface area contributed by atoms with Crippen LogP contribution in [0, 0.1) is 0 Å². The Balaban J connectivity index is 3.21. The van der Waals surface area contributed by atoms with E-state index in [0.29, 0.717) is 6.42 Å². The van der Waals surface area contributed by atoms with Crippen LogP contribution in [0.5, 0.6) is 0 Å². The second-order valence-corrected chi connectivity index (χ2v) is 5.17. The Morgan fingerprint density at radius 2 is 1.77 bits per heavy atom. The summed E-state index contributed by atoms with van der Waals surface area (Å²) in [6.45, 7) is 2.16. The minimum Gasteiger partial charge on any atom is -0.323 e. The van der Waals surface area contributed by atoms with Crippen LogP contribution in [-0.2, 0) is 9.19 Å². The Hall–Kier alpha value is 0.110. The van der Waals surface area contributed by atoms with E-state index in [4.69, 9.17) is 4.89 Å². The number of nitrogens with two attached hydrogens (primary N) is 1. The third kappa shape index (κ3) is 8.44. The van der Waals surface area contributed by atoms with Gasteiger partial charge in [-0.3, -0.25) is 4.57 Å².